The summed E-state index contributed by atoms with van der Waals surface area (Å²) in [7, 11) is 0.980. The molecular formula is C34H52N2P2+2. The fourth-order valence-electron chi connectivity index (χ4n) is 5.81. The second-order valence-corrected chi connectivity index (χ2v) is 17.6. The van der Waals surface area contributed by atoms with Crippen LogP contribution in [0.4, 0.5) is 0 Å². The van der Waals surface area contributed by atoms with Gasteiger partial charge in [-0.15, -0.1) is 0 Å². The zero-order valence-corrected chi connectivity index (χ0v) is 26.1. The van der Waals surface area contributed by atoms with Crippen LogP contribution in [0.5, 0.6) is 0 Å². The molecule has 206 valence electrons. The summed E-state index contributed by atoms with van der Waals surface area (Å²) in [6.07, 6.45) is 11.7. The average Bonchev–Trinajstić information content (AvgIpc) is 2.96. The SMILES string of the molecule is CCC[N+](C)(CCCN)CCCCP(CCCC[P+](C)(c1ccccc1)c1ccccc1)c1ccccc1. The van der Waals surface area contributed by atoms with Crippen molar-refractivity contribution in [3.8, 4) is 0 Å². The third kappa shape index (κ3) is 9.57. The minimum atomic E-state index is -1.37. The zero-order valence-electron chi connectivity index (χ0n) is 24.3. The van der Waals surface area contributed by atoms with Gasteiger partial charge in [0.25, 0.3) is 0 Å². The van der Waals surface area contributed by atoms with Crippen molar-refractivity contribution in [1.29, 1.82) is 0 Å². The van der Waals surface area contributed by atoms with E-state index in [0.717, 1.165) is 13.0 Å². The quantitative estimate of drug-likeness (QED) is 0.105. The zero-order chi connectivity index (χ0) is 27.1. The van der Waals surface area contributed by atoms with Gasteiger partial charge in [0.1, 0.15) is 0 Å². The maximum Gasteiger partial charge on any atom is 0.0988 e. The topological polar surface area (TPSA) is 26.0 Å². The molecule has 0 bridgehead atoms. The minimum absolute atomic E-state index is 0.0927. The molecule has 0 radical (unpaired) electrons. The Morgan fingerprint density at radius 3 is 1.68 bits per heavy atom. The Labute approximate surface area is 235 Å². The smallest absolute Gasteiger partial charge is 0.0988 e. The number of nitrogens with zero attached hydrogens (tertiary/aromatic N) is 1. The number of unbranched alkanes of at least 4 members (excludes halogenated alkanes) is 2. The first-order valence-corrected chi connectivity index (χ1v) is 18.9. The molecule has 4 heteroatoms. The van der Waals surface area contributed by atoms with Crippen LogP contribution in [0.2, 0.25) is 0 Å². The maximum atomic E-state index is 5.84. The van der Waals surface area contributed by atoms with Gasteiger partial charge in [-0.05, 0) is 80.5 Å². The van der Waals surface area contributed by atoms with Crippen LogP contribution >= 0.6 is 15.2 Å². The minimum Gasteiger partial charge on any atom is -0.330 e. The highest BCUT2D eigenvalue weighted by atomic mass is 31.2. The summed E-state index contributed by atoms with van der Waals surface area (Å²) >= 11 is 0. The molecule has 0 aliphatic heterocycles. The number of hydrogen-bond acceptors (Lipinski definition) is 1. The molecule has 2 unspecified atom stereocenters. The van der Waals surface area contributed by atoms with Crippen molar-refractivity contribution in [3.05, 3.63) is 91.0 Å². The lowest BCUT2D eigenvalue weighted by Crippen LogP contribution is -2.46. The first-order chi connectivity index (χ1) is 18.5. The lowest BCUT2D eigenvalue weighted by atomic mass is 10.2. The highest BCUT2D eigenvalue weighted by Gasteiger charge is 2.36. The van der Waals surface area contributed by atoms with E-state index in [-0.39, 0.29) is 7.92 Å². The molecule has 3 rings (SSSR count). The molecule has 0 amide bonds. The van der Waals surface area contributed by atoms with Crippen molar-refractivity contribution >= 4 is 31.1 Å². The average molecular weight is 551 g/mol. The Morgan fingerprint density at radius 1 is 0.658 bits per heavy atom. The van der Waals surface area contributed by atoms with Crippen LogP contribution in [0.3, 0.4) is 0 Å². The fourth-order valence-corrected chi connectivity index (χ4v) is 11.7. The summed E-state index contributed by atoms with van der Waals surface area (Å²) in [6, 6.07) is 34.0. The van der Waals surface area contributed by atoms with Crippen LogP contribution in [0, 0.1) is 0 Å². The highest BCUT2D eigenvalue weighted by Crippen LogP contribution is 2.53. The molecule has 0 heterocycles. The van der Waals surface area contributed by atoms with Crippen molar-refractivity contribution in [1.82, 2.24) is 0 Å². The Balaban J connectivity index is 1.58. The van der Waals surface area contributed by atoms with E-state index in [1.807, 2.05) is 0 Å². The predicted molar refractivity (Wildman–Crippen MR) is 176 cm³/mol. The number of hydrogen-bond donors (Lipinski definition) is 1. The van der Waals surface area contributed by atoms with E-state index in [9.17, 15) is 0 Å². The standard InChI is InChI=1S/C34H52N2P2/c1-4-26-36(2,28-18-25-35)27-14-15-29-37(32-19-8-5-9-20-32)30-16-17-31-38(3,33-21-10-6-11-22-33)34-23-12-7-13-24-34/h5-13,19-24H,4,14-18,25-31,35H2,1-3H3/q+2. The summed E-state index contributed by atoms with van der Waals surface area (Å²) in [5.74, 6) is 0. The summed E-state index contributed by atoms with van der Waals surface area (Å²) in [4.78, 5) is 0. The number of benzene rings is 3. The maximum absolute atomic E-state index is 5.84. The van der Waals surface area contributed by atoms with Crippen molar-refractivity contribution in [2.75, 3.05) is 58.4 Å². The van der Waals surface area contributed by atoms with Crippen LogP contribution in [-0.2, 0) is 0 Å². The predicted octanol–water partition coefficient (Wildman–Crippen LogP) is 6.86. The van der Waals surface area contributed by atoms with E-state index in [0.29, 0.717) is 0 Å². The van der Waals surface area contributed by atoms with Gasteiger partial charge in [0.05, 0.1) is 57.4 Å². The number of nitrogens with two attached hydrogens (primary N) is 1. The third-order valence-corrected chi connectivity index (χ3v) is 14.9. The Bertz CT molecular complexity index is 973. The molecule has 2 nitrogen and oxygen atoms in total. The molecule has 2 N–H and O–H groups in total. The van der Waals surface area contributed by atoms with E-state index < -0.39 is 7.26 Å². The van der Waals surface area contributed by atoms with Gasteiger partial charge < -0.3 is 10.2 Å². The Kier molecular flexibility index (Phi) is 13.5. The summed E-state index contributed by atoms with van der Waals surface area (Å²) in [6.45, 7) is 9.47. The van der Waals surface area contributed by atoms with Crippen LogP contribution in [-0.4, -0.2) is 62.9 Å². The molecule has 0 spiro atoms. The summed E-state index contributed by atoms with van der Waals surface area (Å²) < 4.78 is 1.19. The molecule has 3 aromatic carbocycles. The van der Waals surface area contributed by atoms with Gasteiger partial charge >= 0.3 is 0 Å². The van der Waals surface area contributed by atoms with Gasteiger partial charge in [-0.1, -0.05) is 81.6 Å². The lowest BCUT2D eigenvalue weighted by molar-refractivity contribution is -0.909. The van der Waals surface area contributed by atoms with E-state index in [2.05, 4.69) is 112 Å². The van der Waals surface area contributed by atoms with E-state index in [4.69, 9.17) is 5.73 Å². The molecule has 2 atom stereocenters. The van der Waals surface area contributed by atoms with E-state index in [1.54, 1.807) is 15.9 Å². The molecule has 0 aliphatic rings. The van der Waals surface area contributed by atoms with Gasteiger partial charge in [-0.3, -0.25) is 0 Å². The van der Waals surface area contributed by atoms with Crippen molar-refractivity contribution in [2.45, 2.75) is 45.4 Å². The van der Waals surface area contributed by atoms with Gasteiger partial charge in [-0.25, -0.2) is 0 Å². The second-order valence-electron chi connectivity index (χ2n) is 11.3. The van der Waals surface area contributed by atoms with Crippen LogP contribution in [0.1, 0.15) is 45.4 Å². The summed E-state index contributed by atoms with van der Waals surface area (Å²) in [5, 5.41) is 4.68. The largest absolute Gasteiger partial charge is 0.330 e. The molecule has 0 saturated carbocycles. The lowest BCUT2D eigenvalue weighted by Gasteiger charge is -2.34. The third-order valence-electron chi connectivity index (χ3n) is 8.10. The normalized spacial score (nSPS) is 14.2. The molecule has 0 fully saturated rings. The van der Waals surface area contributed by atoms with Crippen LogP contribution < -0.4 is 21.6 Å². The molecule has 0 aliphatic carbocycles. The second kappa shape index (κ2) is 16.5. The summed E-state index contributed by atoms with van der Waals surface area (Å²) in [5.41, 5.74) is 5.84. The van der Waals surface area contributed by atoms with Gasteiger partial charge in [-0.2, -0.15) is 0 Å². The van der Waals surface area contributed by atoms with Crippen molar-refractivity contribution in [3.63, 3.8) is 0 Å². The highest BCUT2D eigenvalue weighted by molar-refractivity contribution is 7.88. The van der Waals surface area contributed by atoms with Crippen molar-refractivity contribution in [2.24, 2.45) is 5.73 Å². The van der Waals surface area contributed by atoms with Crippen LogP contribution in [0.25, 0.3) is 0 Å². The van der Waals surface area contributed by atoms with E-state index >= 15 is 0 Å². The first-order valence-electron chi connectivity index (χ1n) is 14.8. The van der Waals surface area contributed by atoms with Gasteiger partial charge in [0.2, 0.25) is 0 Å². The van der Waals surface area contributed by atoms with Gasteiger partial charge in [0, 0.05) is 6.42 Å². The fraction of sp³-hybridized carbons (Fsp3) is 0.471. The number of quaternary nitrogens is 1. The molecule has 0 saturated heterocycles. The molecular weight excluding hydrogens is 498 g/mol. The van der Waals surface area contributed by atoms with Crippen molar-refractivity contribution < 1.29 is 4.48 Å². The Hall–Kier alpha value is -1.56. The molecule has 3 aromatic rings. The molecule has 0 aromatic heterocycles. The first kappa shape index (κ1) is 31.0. The van der Waals surface area contributed by atoms with Gasteiger partial charge in [0.15, 0.2) is 0 Å². The molecule has 38 heavy (non-hydrogen) atoms. The monoisotopic (exact) mass is 550 g/mol. The van der Waals surface area contributed by atoms with Crippen LogP contribution in [0.15, 0.2) is 91.0 Å². The Morgan fingerprint density at radius 2 is 1.16 bits per heavy atom. The number of rotatable bonds is 18. The van der Waals surface area contributed by atoms with E-state index in [1.165, 1.54) is 74.7 Å².